The van der Waals surface area contributed by atoms with Gasteiger partial charge in [0.1, 0.15) is 11.5 Å². The first-order chi connectivity index (χ1) is 8.63. The van der Waals surface area contributed by atoms with Crippen LogP contribution in [0.3, 0.4) is 0 Å². The van der Waals surface area contributed by atoms with Gasteiger partial charge in [0.25, 0.3) is 5.91 Å². The number of rotatable bonds is 6. The third-order valence-electron chi connectivity index (χ3n) is 2.61. The first-order valence-electron chi connectivity index (χ1n) is 5.67. The molecule has 0 saturated carbocycles. The van der Waals surface area contributed by atoms with Crippen LogP contribution in [0, 0.1) is 0 Å². The summed E-state index contributed by atoms with van der Waals surface area (Å²) in [5, 5.41) is 0.879. The average Bonchev–Trinajstić information content (AvgIpc) is 2.43. The van der Waals surface area contributed by atoms with E-state index in [-0.39, 0.29) is 5.91 Å². The van der Waals surface area contributed by atoms with Crippen LogP contribution in [0.15, 0.2) is 18.2 Å². The van der Waals surface area contributed by atoms with E-state index in [4.69, 9.17) is 9.47 Å². The van der Waals surface area contributed by atoms with Gasteiger partial charge in [0, 0.05) is 25.0 Å². The fourth-order valence-corrected chi connectivity index (χ4v) is 1.83. The zero-order valence-corrected chi connectivity index (χ0v) is 12.5. The third-order valence-corrected chi connectivity index (χ3v) is 3.17. The summed E-state index contributed by atoms with van der Waals surface area (Å²) >= 11 is 3.35. The molecule has 1 aromatic rings. The molecular weight excluding hydrogens is 298 g/mol. The van der Waals surface area contributed by atoms with Gasteiger partial charge in [-0.15, -0.1) is 0 Å². The zero-order chi connectivity index (χ0) is 13.5. The number of hydrogen-bond acceptors (Lipinski definition) is 3. The molecule has 18 heavy (non-hydrogen) atoms. The van der Waals surface area contributed by atoms with Gasteiger partial charge in [-0.05, 0) is 18.6 Å². The molecule has 0 unspecified atom stereocenters. The fraction of sp³-hybridized carbons (Fsp3) is 0.462. The van der Waals surface area contributed by atoms with Crippen molar-refractivity contribution in [1.29, 1.82) is 0 Å². The van der Waals surface area contributed by atoms with E-state index >= 15 is 0 Å². The van der Waals surface area contributed by atoms with E-state index in [9.17, 15) is 4.79 Å². The number of methoxy groups -OCH3 is 2. The molecular formula is C13H18BrNO3. The van der Waals surface area contributed by atoms with Crippen molar-refractivity contribution in [1.82, 2.24) is 4.90 Å². The van der Waals surface area contributed by atoms with Gasteiger partial charge in [-0.3, -0.25) is 4.79 Å². The Hall–Kier alpha value is -1.23. The van der Waals surface area contributed by atoms with Crippen LogP contribution >= 0.6 is 15.9 Å². The standard InChI is InChI=1S/C13H18BrNO3/c1-15(8-4-7-14)13(16)11-6-5-10(17-2)9-12(11)18-3/h5-6,9H,4,7-8H2,1-3H3. The molecule has 0 aliphatic heterocycles. The van der Waals surface area contributed by atoms with Gasteiger partial charge >= 0.3 is 0 Å². The molecule has 5 heteroatoms. The Kier molecular flexibility index (Phi) is 5.98. The molecule has 0 bridgehead atoms. The highest BCUT2D eigenvalue weighted by molar-refractivity contribution is 9.09. The summed E-state index contributed by atoms with van der Waals surface area (Å²) in [4.78, 5) is 13.9. The number of nitrogens with zero attached hydrogens (tertiary/aromatic N) is 1. The lowest BCUT2D eigenvalue weighted by Crippen LogP contribution is -2.28. The minimum atomic E-state index is -0.0459. The third kappa shape index (κ3) is 3.63. The Balaban J connectivity index is 2.90. The molecule has 0 aliphatic rings. The summed E-state index contributed by atoms with van der Waals surface area (Å²) in [7, 11) is 4.91. The summed E-state index contributed by atoms with van der Waals surface area (Å²) in [6, 6.07) is 5.20. The average molecular weight is 316 g/mol. The first-order valence-corrected chi connectivity index (χ1v) is 6.79. The Morgan fingerprint density at radius 2 is 2.06 bits per heavy atom. The number of alkyl halides is 1. The molecule has 1 amide bonds. The molecule has 100 valence electrons. The fourth-order valence-electron chi connectivity index (χ4n) is 1.58. The molecule has 0 aromatic heterocycles. The van der Waals surface area contributed by atoms with E-state index in [2.05, 4.69) is 15.9 Å². The normalized spacial score (nSPS) is 10.0. The molecule has 1 rings (SSSR count). The number of carbonyl (C=O) groups is 1. The first kappa shape index (κ1) is 14.8. The second-order valence-corrected chi connectivity index (χ2v) is 4.63. The SMILES string of the molecule is COc1ccc(C(=O)N(C)CCCBr)c(OC)c1. The van der Waals surface area contributed by atoms with Crippen LogP contribution in [0.25, 0.3) is 0 Å². The molecule has 0 fully saturated rings. The highest BCUT2D eigenvalue weighted by Crippen LogP contribution is 2.25. The van der Waals surface area contributed by atoms with Gasteiger partial charge in [-0.1, -0.05) is 15.9 Å². The maximum atomic E-state index is 12.2. The van der Waals surface area contributed by atoms with Crippen molar-refractivity contribution in [2.45, 2.75) is 6.42 Å². The molecule has 0 atom stereocenters. The van der Waals surface area contributed by atoms with E-state index in [0.29, 0.717) is 23.6 Å². The van der Waals surface area contributed by atoms with Crippen molar-refractivity contribution in [2.75, 3.05) is 33.1 Å². The Bertz CT molecular complexity index is 409. The van der Waals surface area contributed by atoms with E-state index in [1.807, 2.05) is 0 Å². The number of carbonyl (C=O) groups excluding carboxylic acids is 1. The van der Waals surface area contributed by atoms with Crippen molar-refractivity contribution >= 4 is 21.8 Å². The van der Waals surface area contributed by atoms with E-state index in [1.165, 1.54) is 0 Å². The highest BCUT2D eigenvalue weighted by Gasteiger charge is 2.16. The molecule has 0 spiro atoms. The second kappa shape index (κ2) is 7.26. The molecule has 0 aliphatic carbocycles. The number of ether oxygens (including phenoxy) is 2. The molecule has 1 aromatic carbocycles. The van der Waals surface area contributed by atoms with Gasteiger partial charge < -0.3 is 14.4 Å². The van der Waals surface area contributed by atoms with E-state index in [1.54, 1.807) is 44.4 Å². The predicted molar refractivity (Wildman–Crippen MR) is 74.9 cm³/mol. The molecule has 0 N–H and O–H groups in total. The lowest BCUT2D eigenvalue weighted by molar-refractivity contribution is 0.0792. The van der Waals surface area contributed by atoms with Gasteiger partial charge in [0.05, 0.1) is 19.8 Å². The van der Waals surface area contributed by atoms with Crippen LogP contribution in [0.4, 0.5) is 0 Å². The summed E-state index contributed by atoms with van der Waals surface area (Å²) in [6.45, 7) is 0.708. The van der Waals surface area contributed by atoms with Crippen LogP contribution in [-0.4, -0.2) is 43.9 Å². The lowest BCUT2D eigenvalue weighted by atomic mass is 10.1. The van der Waals surface area contributed by atoms with Crippen LogP contribution in [0.5, 0.6) is 11.5 Å². The number of benzene rings is 1. The number of hydrogen-bond donors (Lipinski definition) is 0. The van der Waals surface area contributed by atoms with Crippen LogP contribution in [0.2, 0.25) is 0 Å². The highest BCUT2D eigenvalue weighted by atomic mass is 79.9. The smallest absolute Gasteiger partial charge is 0.257 e. The molecule has 0 saturated heterocycles. The zero-order valence-electron chi connectivity index (χ0n) is 10.9. The Morgan fingerprint density at radius 1 is 1.33 bits per heavy atom. The van der Waals surface area contributed by atoms with Crippen LogP contribution in [0.1, 0.15) is 16.8 Å². The van der Waals surface area contributed by atoms with Gasteiger partial charge in [0.15, 0.2) is 0 Å². The number of halogens is 1. The summed E-state index contributed by atoms with van der Waals surface area (Å²) in [5.74, 6) is 1.16. The Morgan fingerprint density at radius 3 is 2.61 bits per heavy atom. The van der Waals surface area contributed by atoms with Crippen LogP contribution < -0.4 is 9.47 Å². The largest absolute Gasteiger partial charge is 0.497 e. The van der Waals surface area contributed by atoms with Crippen molar-refractivity contribution in [2.24, 2.45) is 0 Å². The molecule has 0 heterocycles. The van der Waals surface area contributed by atoms with Gasteiger partial charge in [-0.2, -0.15) is 0 Å². The Labute approximate surface area is 116 Å². The minimum absolute atomic E-state index is 0.0459. The maximum Gasteiger partial charge on any atom is 0.257 e. The molecule has 0 radical (unpaired) electrons. The monoisotopic (exact) mass is 315 g/mol. The summed E-state index contributed by atoms with van der Waals surface area (Å²) < 4.78 is 10.3. The minimum Gasteiger partial charge on any atom is -0.497 e. The lowest BCUT2D eigenvalue weighted by Gasteiger charge is -2.18. The molecule has 4 nitrogen and oxygen atoms in total. The summed E-state index contributed by atoms with van der Waals surface area (Å²) in [6.07, 6.45) is 0.917. The van der Waals surface area contributed by atoms with Crippen molar-refractivity contribution in [3.05, 3.63) is 23.8 Å². The quantitative estimate of drug-likeness (QED) is 0.757. The van der Waals surface area contributed by atoms with E-state index in [0.717, 1.165) is 11.8 Å². The number of amides is 1. The van der Waals surface area contributed by atoms with Crippen LogP contribution in [-0.2, 0) is 0 Å². The van der Waals surface area contributed by atoms with Crippen molar-refractivity contribution < 1.29 is 14.3 Å². The van der Waals surface area contributed by atoms with Gasteiger partial charge in [0.2, 0.25) is 0 Å². The predicted octanol–water partition coefficient (Wildman–Crippen LogP) is 2.56. The van der Waals surface area contributed by atoms with E-state index < -0.39 is 0 Å². The second-order valence-electron chi connectivity index (χ2n) is 3.84. The summed E-state index contributed by atoms with van der Waals surface area (Å²) in [5.41, 5.74) is 0.551. The van der Waals surface area contributed by atoms with Crippen molar-refractivity contribution in [3.63, 3.8) is 0 Å². The maximum absolute atomic E-state index is 12.2. The topological polar surface area (TPSA) is 38.8 Å². The van der Waals surface area contributed by atoms with Crippen molar-refractivity contribution in [3.8, 4) is 11.5 Å². The van der Waals surface area contributed by atoms with Gasteiger partial charge in [-0.25, -0.2) is 0 Å².